The minimum atomic E-state index is -0.139. The van der Waals surface area contributed by atoms with Crippen LogP contribution in [0.3, 0.4) is 0 Å². The number of likely N-dealkylation sites (tertiary alicyclic amines) is 1. The SMILES string of the molecule is CC1CCCCN1C(=O)CN1CCN(C(=O)[C@@]23CCCC[C@H]2CNC3)CC1.Cl.Cl. The fourth-order valence-electron chi connectivity index (χ4n) is 5.84. The summed E-state index contributed by atoms with van der Waals surface area (Å²) < 4.78 is 0. The van der Waals surface area contributed by atoms with Gasteiger partial charge in [-0.15, -0.1) is 24.8 Å². The van der Waals surface area contributed by atoms with Crippen molar-refractivity contribution in [1.29, 1.82) is 0 Å². The zero-order chi connectivity index (χ0) is 18.9. The van der Waals surface area contributed by atoms with Crippen LogP contribution in [0.4, 0.5) is 0 Å². The molecule has 1 aliphatic carbocycles. The van der Waals surface area contributed by atoms with Gasteiger partial charge >= 0.3 is 0 Å². The zero-order valence-corrected chi connectivity index (χ0v) is 19.4. The Morgan fingerprint density at radius 1 is 0.966 bits per heavy atom. The number of piperazine rings is 1. The predicted molar refractivity (Wildman–Crippen MR) is 120 cm³/mol. The molecule has 3 aliphatic heterocycles. The van der Waals surface area contributed by atoms with Crippen LogP contribution in [0.5, 0.6) is 0 Å². The molecule has 29 heavy (non-hydrogen) atoms. The van der Waals surface area contributed by atoms with Gasteiger partial charge in [-0.2, -0.15) is 0 Å². The van der Waals surface area contributed by atoms with Crippen molar-refractivity contribution in [2.45, 2.75) is 57.9 Å². The van der Waals surface area contributed by atoms with Crippen molar-refractivity contribution in [3.8, 4) is 0 Å². The molecular formula is C21H38Cl2N4O2. The van der Waals surface area contributed by atoms with Crippen LogP contribution in [0, 0.1) is 11.3 Å². The molecule has 3 atom stereocenters. The number of nitrogens with one attached hydrogen (secondary N) is 1. The van der Waals surface area contributed by atoms with Gasteiger partial charge in [0, 0.05) is 45.3 Å². The van der Waals surface area contributed by atoms with Crippen LogP contribution in [0.1, 0.15) is 51.9 Å². The van der Waals surface area contributed by atoms with Crippen LogP contribution in [0.25, 0.3) is 0 Å². The van der Waals surface area contributed by atoms with Gasteiger partial charge < -0.3 is 15.1 Å². The summed E-state index contributed by atoms with van der Waals surface area (Å²) in [4.78, 5) is 32.5. The highest BCUT2D eigenvalue weighted by molar-refractivity contribution is 5.86. The minimum Gasteiger partial charge on any atom is -0.340 e. The van der Waals surface area contributed by atoms with Crippen LogP contribution >= 0.6 is 24.8 Å². The Kier molecular flexibility index (Phi) is 9.07. The summed E-state index contributed by atoms with van der Waals surface area (Å²) in [5.74, 6) is 1.18. The highest BCUT2D eigenvalue weighted by atomic mass is 35.5. The van der Waals surface area contributed by atoms with Crippen molar-refractivity contribution >= 4 is 36.6 Å². The number of carbonyl (C=O) groups is 2. The highest BCUT2D eigenvalue weighted by Crippen LogP contribution is 2.45. The highest BCUT2D eigenvalue weighted by Gasteiger charge is 2.51. The second kappa shape index (κ2) is 10.7. The third-order valence-corrected chi connectivity index (χ3v) is 7.61. The number of piperidine rings is 1. The Hall–Kier alpha value is -0.560. The first kappa shape index (κ1) is 24.7. The third-order valence-electron chi connectivity index (χ3n) is 7.61. The minimum absolute atomic E-state index is 0. The maximum Gasteiger partial charge on any atom is 0.236 e. The van der Waals surface area contributed by atoms with E-state index in [2.05, 4.69) is 26.9 Å². The lowest BCUT2D eigenvalue weighted by Gasteiger charge is -2.44. The summed E-state index contributed by atoms with van der Waals surface area (Å²) in [5, 5.41) is 3.49. The molecule has 4 rings (SSSR count). The van der Waals surface area contributed by atoms with Crippen molar-refractivity contribution < 1.29 is 9.59 Å². The molecule has 4 fully saturated rings. The molecule has 0 aromatic carbocycles. The van der Waals surface area contributed by atoms with Gasteiger partial charge in [-0.3, -0.25) is 14.5 Å². The smallest absolute Gasteiger partial charge is 0.236 e. The van der Waals surface area contributed by atoms with E-state index in [4.69, 9.17) is 0 Å². The van der Waals surface area contributed by atoms with Gasteiger partial charge in [0.2, 0.25) is 11.8 Å². The summed E-state index contributed by atoms with van der Waals surface area (Å²) >= 11 is 0. The topological polar surface area (TPSA) is 55.9 Å². The number of amides is 2. The molecule has 0 bridgehead atoms. The lowest BCUT2D eigenvalue weighted by Crippen LogP contribution is -2.57. The average Bonchev–Trinajstić information content (AvgIpc) is 3.13. The summed E-state index contributed by atoms with van der Waals surface area (Å²) in [5.41, 5.74) is -0.139. The molecule has 8 heteroatoms. The van der Waals surface area contributed by atoms with Gasteiger partial charge in [-0.1, -0.05) is 12.8 Å². The monoisotopic (exact) mass is 448 g/mol. The second-order valence-electron chi connectivity index (χ2n) is 9.23. The van der Waals surface area contributed by atoms with Crippen molar-refractivity contribution in [2.75, 3.05) is 52.4 Å². The van der Waals surface area contributed by atoms with Crippen molar-refractivity contribution in [2.24, 2.45) is 11.3 Å². The predicted octanol–water partition coefficient (Wildman–Crippen LogP) is 2.16. The molecule has 0 spiro atoms. The van der Waals surface area contributed by atoms with E-state index in [1.54, 1.807) is 0 Å². The number of fused-ring (bicyclic) bond motifs is 1. The van der Waals surface area contributed by atoms with E-state index in [1.165, 1.54) is 25.7 Å². The molecule has 3 heterocycles. The molecule has 0 aromatic heterocycles. The number of hydrogen-bond donors (Lipinski definition) is 1. The van der Waals surface area contributed by atoms with Crippen molar-refractivity contribution in [3.63, 3.8) is 0 Å². The van der Waals surface area contributed by atoms with Gasteiger partial charge in [-0.05, 0) is 51.5 Å². The molecule has 2 amide bonds. The molecular weight excluding hydrogens is 411 g/mol. The Morgan fingerprint density at radius 2 is 1.69 bits per heavy atom. The van der Waals surface area contributed by atoms with E-state index in [0.29, 0.717) is 24.4 Å². The summed E-state index contributed by atoms with van der Waals surface area (Å²) in [6.45, 7) is 8.67. The van der Waals surface area contributed by atoms with Gasteiger partial charge in [0.1, 0.15) is 0 Å². The first-order chi connectivity index (χ1) is 13.1. The summed E-state index contributed by atoms with van der Waals surface area (Å²) in [6.07, 6.45) is 8.21. The van der Waals surface area contributed by atoms with E-state index in [-0.39, 0.29) is 36.1 Å². The van der Waals surface area contributed by atoms with Gasteiger partial charge in [0.25, 0.3) is 0 Å². The molecule has 168 valence electrons. The van der Waals surface area contributed by atoms with Crippen LogP contribution in [-0.2, 0) is 9.59 Å². The summed E-state index contributed by atoms with van der Waals surface area (Å²) in [7, 11) is 0. The fourth-order valence-corrected chi connectivity index (χ4v) is 5.84. The van der Waals surface area contributed by atoms with Crippen LogP contribution < -0.4 is 5.32 Å². The number of carbonyl (C=O) groups excluding carboxylic acids is 2. The van der Waals surface area contributed by atoms with E-state index in [9.17, 15) is 9.59 Å². The van der Waals surface area contributed by atoms with Crippen molar-refractivity contribution in [3.05, 3.63) is 0 Å². The molecule has 4 aliphatic rings. The normalized spacial score (nSPS) is 32.7. The molecule has 1 unspecified atom stereocenters. The first-order valence-corrected chi connectivity index (χ1v) is 11.1. The lowest BCUT2D eigenvalue weighted by molar-refractivity contribution is -0.147. The van der Waals surface area contributed by atoms with Crippen LogP contribution in [0.2, 0.25) is 0 Å². The maximum atomic E-state index is 13.4. The van der Waals surface area contributed by atoms with E-state index in [0.717, 1.165) is 65.1 Å². The molecule has 0 aromatic rings. The van der Waals surface area contributed by atoms with Gasteiger partial charge in [0.15, 0.2) is 0 Å². The standard InChI is InChI=1S/C21H36N4O2.2ClH/c1-17-6-3-5-9-25(17)19(26)15-23-10-12-24(13-11-23)20(27)21-8-4-2-7-18(21)14-22-16-21;;/h17-18,22H,2-16H2,1H3;2*1H/t17?,18-,21+;;/m0../s1. The summed E-state index contributed by atoms with van der Waals surface area (Å²) in [6, 6.07) is 0.381. The molecule has 1 saturated carbocycles. The quantitative estimate of drug-likeness (QED) is 0.718. The van der Waals surface area contributed by atoms with Gasteiger partial charge in [0.05, 0.1) is 12.0 Å². The van der Waals surface area contributed by atoms with E-state index >= 15 is 0 Å². The number of halogens is 2. The third kappa shape index (κ3) is 5.03. The van der Waals surface area contributed by atoms with Crippen LogP contribution in [0.15, 0.2) is 0 Å². The largest absolute Gasteiger partial charge is 0.340 e. The second-order valence-corrected chi connectivity index (χ2v) is 9.23. The fraction of sp³-hybridized carbons (Fsp3) is 0.905. The maximum absolute atomic E-state index is 13.4. The van der Waals surface area contributed by atoms with Crippen LogP contribution in [-0.4, -0.2) is 84.9 Å². The van der Waals surface area contributed by atoms with E-state index < -0.39 is 0 Å². The first-order valence-electron chi connectivity index (χ1n) is 11.1. The number of hydrogen-bond acceptors (Lipinski definition) is 4. The van der Waals surface area contributed by atoms with E-state index in [1.807, 2.05) is 0 Å². The Bertz CT molecular complexity index is 571. The number of rotatable bonds is 3. The zero-order valence-electron chi connectivity index (χ0n) is 17.7. The lowest BCUT2D eigenvalue weighted by atomic mass is 9.67. The van der Waals surface area contributed by atoms with Crippen molar-refractivity contribution in [1.82, 2.24) is 20.0 Å². The molecule has 0 radical (unpaired) electrons. The van der Waals surface area contributed by atoms with Gasteiger partial charge in [-0.25, -0.2) is 0 Å². The number of nitrogens with zero attached hydrogens (tertiary/aromatic N) is 3. The Morgan fingerprint density at radius 3 is 2.41 bits per heavy atom. The Labute approximate surface area is 187 Å². The molecule has 3 saturated heterocycles. The average molecular weight is 449 g/mol. The Balaban J connectivity index is 0.00000150. The molecule has 1 N–H and O–H groups in total. The molecule has 6 nitrogen and oxygen atoms in total.